The van der Waals surface area contributed by atoms with Crippen LogP contribution in [0.3, 0.4) is 0 Å². The molecule has 1 rings (SSSR count). The molecule has 0 aromatic heterocycles. The fourth-order valence-electron chi connectivity index (χ4n) is 2.01. The van der Waals surface area contributed by atoms with Crippen LogP contribution in [0.15, 0.2) is 5.10 Å². The maximum Gasteiger partial charge on any atom is 0.332 e. The lowest BCUT2D eigenvalue weighted by Crippen LogP contribution is -2.25. The number of hydrogen-bond donors (Lipinski definition) is 2. The normalized spacial score (nSPS) is 19.4. The van der Waals surface area contributed by atoms with E-state index in [1.54, 1.807) is 0 Å². The second-order valence-electron chi connectivity index (χ2n) is 4.03. The van der Waals surface area contributed by atoms with Crippen LogP contribution in [-0.4, -0.2) is 11.7 Å². The van der Waals surface area contributed by atoms with E-state index >= 15 is 0 Å². The number of primary amides is 1. The van der Waals surface area contributed by atoms with Gasteiger partial charge in [-0.1, -0.05) is 32.1 Å². The molecule has 0 aliphatic heterocycles. The second-order valence-corrected chi connectivity index (χ2v) is 4.03. The largest absolute Gasteiger partial charge is 0.350 e. The van der Waals surface area contributed by atoms with Gasteiger partial charge in [0.15, 0.2) is 0 Å². The lowest BCUT2D eigenvalue weighted by molar-refractivity contribution is 0.249. The summed E-state index contributed by atoms with van der Waals surface area (Å²) in [6.07, 6.45) is 7.61. The van der Waals surface area contributed by atoms with Crippen molar-refractivity contribution in [2.45, 2.75) is 45.4 Å². The SMILES string of the molecule is C/C(CC1CCCCC1)=N\NC(N)=O. The third-order valence-corrected chi connectivity index (χ3v) is 2.67. The number of hydrazone groups is 1. The van der Waals surface area contributed by atoms with Gasteiger partial charge in [-0.3, -0.25) is 0 Å². The highest BCUT2D eigenvalue weighted by atomic mass is 16.2. The zero-order valence-corrected chi connectivity index (χ0v) is 8.75. The van der Waals surface area contributed by atoms with E-state index in [4.69, 9.17) is 5.73 Å². The standard InChI is InChI=1S/C10H19N3O/c1-8(12-13-10(11)14)7-9-5-3-2-4-6-9/h9H,2-7H2,1H3,(H3,11,13,14)/b12-8+. The number of urea groups is 1. The molecule has 80 valence electrons. The van der Waals surface area contributed by atoms with E-state index in [-0.39, 0.29) is 0 Å². The topological polar surface area (TPSA) is 67.5 Å². The van der Waals surface area contributed by atoms with Crippen LogP contribution in [0.5, 0.6) is 0 Å². The Hall–Kier alpha value is -1.06. The molecule has 0 atom stereocenters. The van der Waals surface area contributed by atoms with Crippen molar-refractivity contribution < 1.29 is 4.79 Å². The fourth-order valence-corrected chi connectivity index (χ4v) is 2.01. The smallest absolute Gasteiger partial charge is 0.332 e. The molecular formula is C10H19N3O. The minimum Gasteiger partial charge on any atom is -0.350 e. The van der Waals surface area contributed by atoms with Crippen molar-refractivity contribution >= 4 is 11.7 Å². The minimum atomic E-state index is -0.590. The molecular weight excluding hydrogens is 178 g/mol. The Bertz CT molecular complexity index is 219. The van der Waals surface area contributed by atoms with Gasteiger partial charge in [-0.05, 0) is 19.3 Å². The first-order valence-corrected chi connectivity index (χ1v) is 5.27. The first-order valence-electron chi connectivity index (χ1n) is 5.27. The van der Waals surface area contributed by atoms with Crippen LogP contribution in [-0.2, 0) is 0 Å². The molecule has 0 aromatic rings. The van der Waals surface area contributed by atoms with Gasteiger partial charge in [0.25, 0.3) is 0 Å². The Kier molecular flexibility index (Phi) is 4.43. The molecule has 4 heteroatoms. The van der Waals surface area contributed by atoms with Gasteiger partial charge in [-0.2, -0.15) is 5.10 Å². The summed E-state index contributed by atoms with van der Waals surface area (Å²) in [5.41, 5.74) is 8.15. The predicted molar refractivity (Wildman–Crippen MR) is 57.0 cm³/mol. The molecule has 1 aliphatic carbocycles. The first-order chi connectivity index (χ1) is 6.68. The van der Waals surface area contributed by atoms with Crippen LogP contribution in [0, 0.1) is 5.92 Å². The molecule has 1 saturated carbocycles. The molecule has 0 spiro atoms. The van der Waals surface area contributed by atoms with E-state index < -0.39 is 6.03 Å². The summed E-state index contributed by atoms with van der Waals surface area (Å²) in [6.45, 7) is 1.94. The number of hydrogen-bond acceptors (Lipinski definition) is 2. The molecule has 1 aliphatic rings. The highest BCUT2D eigenvalue weighted by Crippen LogP contribution is 2.26. The van der Waals surface area contributed by atoms with Crippen molar-refractivity contribution in [3.05, 3.63) is 0 Å². The first kappa shape index (κ1) is 11.0. The minimum absolute atomic E-state index is 0.590. The van der Waals surface area contributed by atoms with Gasteiger partial charge in [0, 0.05) is 5.71 Å². The fraction of sp³-hybridized carbons (Fsp3) is 0.800. The third-order valence-electron chi connectivity index (χ3n) is 2.67. The number of carbonyl (C=O) groups excluding carboxylic acids is 1. The average molecular weight is 197 g/mol. The molecule has 0 radical (unpaired) electrons. The van der Waals surface area contributed by atoms with E-state index in [0.29, 0.717) is 0 Å². The molecule has 4 nitrogen and oxygen atoms in total. The summed E-state index contributed by atoms with van der Waals surface area (Å²) in [6, 6.07) is -0.590. The Balaban J connectivity index is 2.27. The molecule has 0 aromatic carbocycles. The van der Waals surface area contributed by atoms with Gasteiger partial charge < -0.3 is 5.73 Å². The van der Waals surface area contributed by atoms with Gasteiger partial charge in [-0.15, -0.1) is 0 Å². The quantitative estimate of drug-likeness (QED) is 0.527. The van der Waals surface area contributed by atoms with Crippen LogP contribution >= 0.6 is 0 Å². The van der Waals surface area contributed by atoms with Crippen molar-refractivity contribution in [1.29, 1.82) is 0 Å². The Labute approximate surface area is 84.9 Å². The number of nitrogens with zero attached hydrogens (tertiary/aromatic N) is 1. The predicted octanol–water partition coefficient (Wildman–Crippen LogP) is 2.00. The molecule has 0 heterocycles. The monoisotopic (exact) mass is 197 g/mol. The maximum absolute atomic E-state index is 10.4. The summed E-state index contributed by atoms with van der Waals surface area (Å²) in [5, 5.41) is 3.91. The van der Waals surface area contributed by atoms with Gasteiger partial charge >= 0.3 is 6.03 Å². The van der Waals surface area contributed by atoms with Crippen LogP contribution < -0.4 is 11.2 Å². The number of amides is 2. The van der Waals surface area contributed by atoms with Gasteiger partial charge in [-0.25, -0.2) is 10.2 Å². The number of nitrogens with two attached hydrogens (primary N) is 1. The third kappa shape index (κ3) is 4.25. The van der Waals surface area contributed by atoms with E-state index in [1.165, 1.54) is 32.1 Å². The van der Waals surface area contributed by atoms with Crippen molar-refractivity contribution in [2.24, 2.45) is 16.8 Å². The van der Waals surface area contributed by atoms with Crippen molar-refractivity contribution in [3.63, 3.8) is 0 Å². The number of carbonyl (C=O) groups is 1. The van der Waals surface area contributed by atoms with Gasteiger partial charge in [0.1, 0.15) is 0 Å². The molecule has 1 fully saturated rings. The molecule has 2 amide bonds. The van der Waals surface area contributed by atoms with Crippen molar-refractivity contribution in [1.82, 2.24) is 5.43 Å². The Morgan fingerprint density at radius 3 is 2.64 bits per heavy atom. The molecule has 0 bridgehead atoms. The van der Waals surface area contributed by atoms with Crippen LogP contribution in [0.1, 0.15) is 45.4 Å². The summed E-state index contributed by atoms with van der Waals surface area (Å²) in [5.74, 6) is 0.752. The Morgan fingerprint density at radius 2 is 2.07 bits per heavy atom. The van der Waals surface area contributed by atoms with Crippen LogP contribution in [0.2, 0.25) is 0 Å². The van der Waals surface area contributed by atoms with E-state index in [2.05, 4.69) is 10.5 Å². The number of rotatable bonds is 3. The van der Waals surface area contributed by atoms with Gasteiger partial charge in [0.05, 0.1) is 0 Å². The highest BCUT2D eigenvalue weighted by Gasteiger charge is 2.13. The average Bonchev–Trinajstić information content (AvgIpc) is 2.16. The van der Waals surface area contributed by atoms with E-state index in [0.717, 1.165) is 18.1 Å². The zero-order valence-electron chi connectivity index (χ0n) is 8.75. The highest BCUT2D eigenvalue weighted by molar-refractivity contribution is 5.83. The van der Waals surface area contributed by atoms with E-state index in [1.807, 2.05) is 6.92 Å². The number of nitrogens with one attached hydrogen (secondary N) is 1. The summed E-state index contributed by atoms with van der Waals surface area (Å²) >= 11 is 0. The maximum atomic E-state index is 10.4. The van der Waals surface area contributed by atoms with Gasteiger partial charge in [0.2, 0.25) is 0 Å². The molecule has 14 heavy (non-hydrogen) atoms. The summed E-state index contributed by atoms with van der Waals surface area (Å²) < 4.78 is 0. The zero-order chi connectivity index (χ0) is 10.4. The van der Waals surface area contributed by atoms with Crippen LogP contribution in [0.4, 0.5) is 4.79 Å². The molecule has 0 unspecified atom stereocenters. The van der Waals surface area contributed by atoms with Crippen molar-refractivity contribution in [3.8, 4) is 0 Å². The second kappa shape index (κ2) is 5.62. The van der Waals surface area contributed by atoms with Crippen molar-refractivity contribution in [2.75, 3.05) is 0 Å². The molecule has 3 N–H and O–H groups in total. The lowest BCUT2D eigenvalue weighted by atomic mass is 9.86. The summed E-state index contributed by atoms with van der Waals surface area (Å²) in [7, 11) is 0. The summed E-state index contributed by atoms with van der Waals surface area (Å²) in [4.78, 5) is 10.4. The Morgan fingerprint density at radius 1 is 1.43 bits per heavy atom. The molecule has 0 saturated heterocycles. The van der Waals surface area contributed by atoms with E-state index in [9.17, 15) is 4.79 Å². The lowest BCUT2D eigenvalue weighted by Gasteiger charge is -2.20. The van der Waals surface area contributed by atoms with Crippen LogP contribution in [0.25, 0.3) is 0 Å².